The maximum Gasteiger partial charge on any atom is 0.230 e. The molecule has 1 aliphatic carbocycles. The van der Waals surface area contributed by atoms with Crippen molar-refractivity contribution >= 4 is 27.7 Å². The molecule has 2 N–H and O–H groups in total. The SMILES string of the molecule is CC(C)NS(=O)(=O)Cc1ccc(CNC(=O)CSc2ccc3c(c2)CCC3)cc1. The monoisotopic (exact) mass is 432 g/mol. The van der Waals surface area contributed by atoms with Gasteiger partial charge in [0.25, 0.3) is 0 Å². The molecule has 0 saturated carbocycles. The van der Waals surface area contributed by atoms with Gasteiger partial charge in [0.1, 0.15) is 0 Å². The van der Waals surface area contributed by atoms with Gasteiger partial charge < -0.3 is 5.32 Å². The average molecular weight is 433 g/mol. The van der Waals surface area contributed by atoms with Gasteiger partial charge in [-0.25, -0.2) is 13.1 Å². The highest BCUT2D eigenvalue weighted by Crippen LogP contribution is 2.27. The Bertz CT molecular complexity index is 955. The number of hydrogen-bond donors (Lipinski definition) is 2. The minimum Gasteiger partial charge on any atom is -0.351 e. The van der Waals surface area contributed by atoms with Crippen LogP contribution in [0.1, 0.15) is 42.5 Å². The van der Waals surface area contributed by atoms with Crippen molar-refractivity contribution in [1.82, 2.24) is 10.0 Å². The van der Waals surface area contributed by atoms with Crippen LogP contribution in [-0.4, -0.2) is 26.1 Å². The molecule has 0 spiro atoms. The molecule has 0 saturated heterocycles. The second-order valence-electron chi connectivity index (χ2n) is 7.70. The van der Waals surface area contributed by atoms with Crippen LogP contribution in [0, 0.1) is 0 Å². The van der Waals surface area contributed by atoms with Crippen LogP contribution in [0.5, 0.6) is 0 Å². The number of fused-ring (bicyclic) bond motifs is 1. The number of nitrogens with one attached hydrogen (secondary N) is 2. The lowest BCUT2D eigenvalue weighted by Gasteiger charge is -2.10. The van der Waals surface area contributed by atoms with E-state index in [1.807, 2.05) is 12.1 Å². The molecule has 0 aliphatic heterocycles. The Balaban J connectivity index is 1.44. The first kappa shape index (κ1) is 21.9. The molecule has 0 heterocycles. The number of hydrogen-bond acceptors (Lipinski definition) is 4. The molecule has 2 aromatic carbocycles. The Kier molecular flexibility index (Phi) is 7.38. The summed E-state index contributed by atoms with van der Waals surface area (Å²) in [5.74, 6) is 0.328. The topological polar surface area (TPSA) is 75.3 Å². The summed E-state index contributed by atoms with van der Waals surface area (Å²) in [5.41, 5.74) is 4.52. The first-order chi connectivity index (χ1) is 13.8. The number of thioether (sulfide) groups is 1. The molecule has 0 bridgehead atoms. The van der Waals surface area contributed by atoms with E-state index < -0.39 is 10.0 Å². The molecule has 2 aromatic rings. The van der Waals surface area contributed by atoms with Crippen LogP contribution in [0.25, 0.3) is 0 Å². The zero-order valence-corrected chi connectivity index (χ0v) is 18.5. The largest absolute Gasteiger partial charge is 0.351 e. The summed E-state index contributed by atoms with van der Waals surface area (Å²) in [6.07, 6.45) is 3.53. The van der Waals surface area contributed by atoms with E-state index in [9.17, 15) is 13.2 Å². The molecule has 0 unspecified atom stereocenters. The maximum atomic E-state index is 12.2. The first-order valence-electron chi connectivity index (χ1n) is 9.90. The zero-order valence-electron chi connectivity index (χ0n) is 16.9. The van der Waals surface area contributed by atoms with Crippen molar-refractivity contribution in [1.29, 1.82) is 0 Å². The quantitative estimate of drug-likeness (QED) is 0.596. The van der Waals surface area contributed by atoms with Crippen LogP contribution in [0.2, 0.25) is 0 Å². The molecular weight excluding hydrogens is 404 g/mol. The highest BCUT2D eigenvalue weighted by atomic mass is 32.2. The molecule has 156 valence electrons. The third-order valence-electron chi connectivity index (χ3n) is 4.72. The van der Waals surface area contributed by atoms with Crippen molar-refractivity contribution < 1.29 is 13.2 Å². The standard InChI is InChI=1S/C22H28N2O3S2/c1-16(2)24-29(26,27)15-18-8-6-17(7-9-18)13-23-22(25)14-28-21-11-10-19-4-3-5-20(19)12-21/h6-12,16,24H,3-5,13-15H2,1-2H3,(H,23,25). The number of sulfonamides is 1. The molecule has 7 heteroatoms. The van der Waals surface area contributed by atoms with E-state index in [0.29, 0.717) is 12.3 Å². The Morgan fingerprint density at radius 1 is 1.03 bits per heavy atom. The third-order valence-corrected chi connectivity index (χ3v) is 7.26. The Labute approximate surface area is 177 Å². The molecule has 0 radical (unpaired) electrons. The van der Waals surface area contributed by atoms with Crippen molar-refractivity contribution in [3.05, 3.63) is 64.7 Å². The summed E-state index contributed by atoms with van der Waals surface area (Å²) in [5, 5.41) is 2.92. The Hall–Kier alpha value is -1.83. The van der Waals surface area contributed by atoms with Gasteiger partial charge in [0.15, 0.2) is 0 Å². The lowest BCUT2D eigenvalue weighted by molar-refractivity contribution is -0.118. The van der Waals surface area contributed by atoms with E-state index in [0.717, 1.165) is 22.4 Å². The van der Waals surface area contributed by atoms with Crippen molar-refractivity contribution in [2.75, 3.05) is 5.75 Å². The molecule has 1 aliphatic rings. The van der Waals surface area contributed by atoms with Gasteiger partial charge in [-0.05, 0) is 67.5 Å². The number of benzene rings is 2. The summed E-state index contributed by atoms with van der Waals surface area (Å²) in [4.78, 5) is 13.3. The molecule has 0 aromatic heterocycles. The zero-order chi connectivity index (χ0) is 20.9. The predicted octanol–water partition coefficient (Wildman–Crippen LogP) is 3.41. The van der Waals surface area contributed by atoms with Crippen LogP contribution in [0.3, 0.4) is 0 Å². The molecule has 1 amide bonds. The molecule has 0 atom stereocenters. The van der Waals surface area contributed by atoms with E-state index in [2.05, 4.69) is 28.2 Å². The molecule has 29 heavy (non-hydrogen) atoms. The van der Waals surface area contributed by atoms with E-state index in [4.69, 9.17) is 0 Å². The Morgan fingerprint density at radius 2 is 1.72 bits per heavy atom. The smallest absolute Gasteiger partial charge is 0.230 e. The van der Waals surface area contributed by atoms with Crippen molar-refractivity contribution in [2.45, 2.75) is 56.3 Å². The molecule has 3 rings (SSSR count). The Morgan fingerprint density at radius 3 is 2.45 bits per heavy atom. The minimum atomic E-state index is -3.33. The number of amides is 1. The van der Waals surface area contributed by atoms with Crippen molar-refractivity contribution in [3.63, 3.8) is 0 Å². The van der Waals surface area contributed by atoms with Gasteiger partial charge in [-0.2, -0.15) is 0 Å². The highest BCUT2D eigenvalue weighted by molar-refractivity contribution is 8.00. The second-order valence-corrected chi connectivity index (χ2v) is 10.5. The fraction of sp³-hybridized carbons (Fsp3) is 0.409. The van der Waals surface area contributed by atoms with Crippen molar-refractivity contribution in [2.24, 2.45) is 0 Å². The second kappa shape index (κ2) is 9.78. The summed E-state index contributed by atoms with van der Waals surface area (Å²) in [6.45, 7) is 4.03. The van der Waals surface area contributed by atoms with Gasteiger partial charge >= 0.3 is 0 Å². The maximum absolute atomic E-state index is 12.2. The van der Waals surface area contributed by atoms with Crippen LogP contribution in [0.4, 0.5) is 0 Å². The number of aryl methyl sites for hydroxylation is 2. The van der Waals surface area contributed by atoms with E-state index in [1.54, 1.807) is 37.7 Å². The van der Waals surface area contributed by atoms with Crippen LogP contribution >= 0.6 is 11.8 Å². The molecule has 0 fully saturated rings. The number of rotatable bonds is 9. The fourth-order valence-electron chi connectivity index (χ4n) is 3.41. The summed E-state index contributed by atoms with van der Waals surface area (Å²) < 4.78 is 26.6. The first-order valence-corrected chi connectivity index (χ1v) is 12.5. The lowest BCUT2D eigenvalue weighted by atomic mass is 10.1. The summed E-state index contributed by atoms with van der Waals surface area (Å²) >= 11 is 1.56. The summed E-state index contributed by atoms with van der Waals surface area (Å²) in [6, 6.07) is 13.7. The third kappa shape index (κ3) is 6.87. The molecular formula is C22H28N2O3S2. The predicted molar refractivity (Wildman–Crippen MR) is 118 cm³/mol. The summed E-state index contributed by atoms with van der Waals surface area (Å²) in [7, 11) is -3.33. The fourth-order valence-corrected chi connectivity index (χ4v) is 5.63. The molecule has 5 nitrogen and oxygen atoms in total. The van der Waals surface area contributed by atoms with E-state index in [1.165, 1.54) is 24.0 Å². The van der Waals surface area contributed by atoms with Gasteiger partial charge in [-0.1, -0.05) is 30.3 Å². The minimum absolute atomic E-state index is 0.0108. The lowest BCUT2D eigenvalue weighted by Crippen LogP contribution is -2.31. The highest BCUT2D eigenvalue weighted by Gasteiger charge is 2.13. The van der Waals surface area contributed by atoms with Gasteiger partial charge in [-0.3, -0.25) is 4.79 Å². The van der Waals surface area contributed by atoms with Gasteiger partial charge in [0, 0.05) is 17.5 Å². The van der Waals surface area contributed by atoms with Gasteiger partial charge in [-0.15, -0.1) is 11.8 Å². The van der Waals surface area contributed by atoms with E-state index in [-0.39, 0.29) is 17.7 Å². The number of carbonyl (C=O) groups excluding carboxylic acids is 1. The average Bonchev–Trinajstić information content (AvgIpc) is 3.12. The van der Waals surface area contributed by atoms with Crippen molar-refractivity contribution in [3.8, 4) is 0 Å². The normalized spacial score (nSPS) is 13.5. The van der Waals surface area contributed by atoms with Crippen LogP contribution in [-0.2, 0) is 40.0 Å². The van der Waals surface area contributed by atoms with Crippen LogP contribution < -0.4 is 10.0 Å². The van der Waals surface area contributed by atoms with Gasteiger partial charge in [0.05, 0.1) is 11.5 Å². The van der Waals surface area contributed by atoms with Crippen LogP contribution in [0.15, 0.2) is 47.4 Å². The van der Waals surface area contributed by atoms with E-state index >= 15 is 0 Å². The van der Waals surface area contributed by atoms with Gasteiger partial charge in [0.2, 0.25) is 15.9 Å². The number of carbonyl (C=O) groups is 1.